The van der Waals surface area contributed by atoms with Gasteiger partial charge in [0.1, 0.15) is 23.9 Å². The largest absolute Gasteiger partial charge is 0.508 e. The Morgan fingerprint density at radius 1 is 0.914 bits per heavy atom. The molecule has 1 aromatic rings. The van der Waals surface area contributed by atoms with Crippen molar-refractivity contribution in [1.29, 1.82) is 0 Å². The molecule has 5 unspecified atom stereocenters. The van der Waals surface area contributed by atoms with Gasteiger partial charge in [-0.25, -0.2) is 0 Å². The van der Waals surface area contributed by atoms with Gasteiger partial charge in [-0.05, 0) is 37.0 Å². The van der Waals surface area contributed by atoms with Gasteiger partial charge in [0, 0.05) is 12.8 Å². The summed E-state index contributed by atoms with van der Waals surface area (Å²) in [6, 6.07) is 1.45. The monoisotopic (exact) mass is 493 g/mol. The lowest BCUT2D eigenvalue weighted by Gasteiger charge is -2.26. The molecule has 0 bridgehead atoms. The fourth-order valence-corrected chi connectivity index (χ4v) is 3.06. The normalized spacial score (nSPS) is 15.1. The summed E-state index contributed by atoms with van der Waals surface area (Å²) in [6.45, 7) is 4.92. The number of primary amides is 1. The van der Waals surface area contributed by atoms with Crippen molar-refractivity contribution in [3.63, 3.8) is 0 Å². The van der Waals surface area contributed by atoms with E-state index in [9.17, 15) is 29.1 Å². The molecule has 0 heterocycles. The lowest BCUT2D eigenvalue weighted by Crippen LogP contribution is -2.58. The van der Waals surface area contributed by atoms with Crippen LogP contribution >= 0.6 is 0 Å². The molecule has 9 N–H and O–H groups in total. The Kier molecular flexibility index (Phi) is 11.7. The highest BCUT2D eigenvalue weighted by Gasteiger charge is 2.30. The Morgan fingerprint density at radius 3 is 1.97 bits per heavy atom. The van der Waals surface area contributed by atoms with Crippen molar-refractivity contribution in [2.45, 2.75) is 70.6 Å². The highest BCUT2D eigenvalue weighted by atomic mass is 16.4. The Hall–Kier alpha value is -3.67. The Bertz CT molecular complexity index is 906. The molecule has 12 nitrogen and oxygen atoms in total. The molecule has 0 saturated carbocycles. The maximum Gasteiger partial charge on any atom is 0.325 e. The number of aliphatic carboxylic acids is 1. The van der Waals surface area contributed by atoms with E-state index in [-0.39, 0.29) is 30.9 Å². The Balaban J connectivity index is 3.13. The molecule has 0 saturated heterocycles. The number of carbonyl (C=O) groups excluding carboxylic acids is 4. The van der Waals surface area contributed by atoms with Crippen LogP contribution in [0.15, 0.2) is 24.3 Å². The summed E-state index contributed by atoms with van der Waals surface area (Å²) < 4.78 is 0. The third-order valence-electron chi connectivity index (χ3n) is 5.61. The van der Waals surface area contributed by atoms with Crippen LogP contribution in [0.3, 0.4) is 0 Å². The summed E-state index contributed by atoms with van der Waals surface area (Å²) in [5.74, 6) is -4.24. The molecule has 0 radical (unpaired) electrons. The Labute approximate surface area is 203 Å². The zero-order valence-electron chi connectivity index (χ0n) is 20.1. The number of phenols is 1. The van der Waals surface area contributed by atoms with Crippen LogP contribution in [0, 0.1) is 5.92 Å². The number of amides is 4. The van der Waals surface area contributed by atoms with Crippen LogP contribution in [0.5, 0.6) is 5.75 Å². The molecule has 4 amide bonds. The molecule has 0 aliphatic heterocycles. The van der Waals surface area contributed by atoms with E-state index in [2.05, 4.69) is 16.0 Å². The van der Waals surface area contributed by atoms with Crippen molar-refractivity contribution >= 4 is 29.6 Å². The quantitative estimate of drug-likeness (QED) is 0.172. The van der Waals surface area contributed by atoms with Gasteiger partial charge in [-0.15, -0.1) is 0 Å². The van der Waals surface area contributed by atoms with E-state index in [1.54, 1.807) is 19.1 Å². The third-order valence-corrected chi connectivity index (χ3v) is 5.61. The summed E-state index contributed by atoms with van der Waals surface area (Å²) in [5.41, 5.74) is 11.8. The summed E-state index contributed by atoms with van der Waals surface area (Å²) in [7, 11) is 0. The lowest BCUT2D eigenvalue weighted by atomic mass is 9.98. The van der Waals surface area contributed by atoms with Crippen molar-refractivity contribution in [3.8, 4) is 5.75 Å². The molecule has 5 atom stereocenters. The zero-order valence-corrected chi connectivity index (χ0v) is 20.1. The summed E-state index contributed by atoms with van der Waals surface area (Å²) in [6.07, 6.45) is 0.237. The molecular formula is C23H35N5O7. The first kappa shape index (κ1) is 29.4. The molecule has 0 aliphatic carbocycles. The predicted molar refractivity (Wildman–Crippen MR) is 127 cm³/mol. The number of carboxylic acids is 1. The molecule has 0 fully saturated rings. The average Bonchev–Trinajstić information content (AvgIpc) is 2.80. The van der Waals surface area contributed by atoms with Gasteiger partial charge in [0.15, 0.2) is 0 Å². The number of carbonyl (C=O) groups is 5. The van der Waals surface area contributed by atoms with Gasteiger partial charge in [0.2, 0.25) is 23.6 Å². The minimum Gasteiger partial charge on any atom is -0.508 e. The first-order valence-electron chi connectivity index (χ1n) is 11.3. The van der Waals surface area contributed by atoms with Crippen LogP contribution in [0.4, 0.5) is 0 Å². The molecule has 1 aromatic carbocycles. The van der Waals surface area contributed by atoms with Gasteiger partial charge in [-0.2, -0.15) is 0 Å². The molecule has 35 heavy (non-hydrogen) atoms. The number of phenolic OH excluding ortho intramolecular Hbond substituents is 1. The van der Waals surface area contributed by atoms with E-state index in [1.165, 1.54) is 19.1 Å². The number of nitrogens with two attached hydrogens (primary N) is 2. The maximum absolute atomic E-state index is 13.2. The van der Waals surface area contributed by atoms with Crippen molar-refractivity contribution < 1.29 is 34.2 Å². The highest BCUT2D eigenvalue weighted by Crippen LogP contribution is 2.13. The Morgan fingerprint density at radius 2 is 1.46 bits per heavy atom. The van der Waals surface area contributed by atoms with Crippen LogP contribution in [0.2, 0.25) is 0 Å². The second kappa shape index (κ2) is 13.9. The fraction of sp³-hybridized carbons (Fsp3) is 0.522. The van der Waals surface area contributed by atoms with Gasteiger partial charge in [-0.3, -0.25) is 24.0 Å². The number of benzene rings is 1. The minimum atomic E-state index is -1.28. The zero-order chi connectivity index (χ0) is 26.7. The number of nitrogens with one attached hydrogen (secondary N) is 3. The van der Waals surface area contributed by atoms with Gasteiger partial charge in [0.25, 0.3) is 0 Å². The maximum atomic E-state index is 13.2. The van der Waals surface area contributed by atoms with E-state index in [0.717, 1.165) is 0 Å². The standard InChI is InChI=1S/C23H35N5O7/c1-4-12(2)19(25)22(33)28-17(11-14-5-7-15(29)8-6-14)21(32)27-16(9-10-18(24)30)20(31)26-13(3)23(34)35/h5-8,12-13,16-17,19,29H,4,9-11,25H2,1-3H3,(H2,24,30)(H,26,31)(H,27,32)(H,28,33)(H,34,35). The first-order valence-corrected chi connectivity index (χ1v) is 11.3. The SMILES string of the molecule is CCC(C)C(N)C(=O)NC(Cc1ccc(O)cc1)C(=O)NC(CCC(N)=O)C(=O)NC(C)C(=O)O. The van der Waals surface area contributed by atoms with E-state index in [1.807, 2.05) is 6.92 Å². The summed E-state index contributed by atoms with van der Waals surface area (Å²) in [5, 5.41) is 25.9. The number of hydrogen-bond acceptors (Lipinski definition) is 7. The van der Waals surface area contributed by atoms with Crippen LogP contribution in [-0.2, 0) is 30.4 Å². The van der Waals surface area contributed by atoms with Crippen LogP contribution in [0.1, 0.15) is 45.6 Å². The van der Waals surface area contributed by atoms with Gasteiger partial charge in [0.05, 0.1) is 6.04 Å². The molecule has 12 heteroatoms. The molecule has 0 aromatic heterocycles. The van der Waals surface area contributed by atoms with E-state index in [0.29, 0.717) is 12.0 Å². The van der Waals surface area contributed by atoms with Crippen LogP contribution in [-0.4, -0.2) is 64.0 Å². The van der Waals surface area contributed by atoms with Crippen LogP contribution < -0.4 is 27.4 Å². The average molecular weight is 494 g/mol. The number of aromatic hydroxyl groups is 1. The van der Waals surface area contributed by atoms with Crippen molar-refractivity contribution in [3.05, 3.63) is 29.8 Å². The van der Waals surface area contributed by atoms with E-state index >= 15 is 0 Å². The van der Waals surface area contributed by atoms with Crippen molar-refractivity contribution in [2.75, 3.05) is 0 Å². The topological polar surface area (TPSA) is 214 Å². The summed E-state index contributed by atoms with van der Waals surface area (Å²) >= 11 is 0. The number of hydrogen-bond donors (Lipinski definition) is 7. The highest BCUT2D eigenvalue weighted by molar-refractivity contribution is 5.94. The molecular weight excluding hydrogens is 458 g/mol. The second-order valence-corrected chi connectivity index (χ2v) is 8.48. The van der Waals surface area contributed by atoms with E-state index in [4.69, 9.17) is 16.6 Å². The molecule has 194 valence electrons. The van der Waals surface area contributed by atoms with Gasteiger partial charge >= 0.3 is 5.97 Å². The number of rotatable bonds is 14. The molecule has 0 spiro atoms. The van der Waals surface area contributed by atoms with Crippen molar-refractivity contribution in [2.24, 2.45) is 17.4 Å². The lowest BCUT2D eigenvalue weighted by molar-refractivity contribution is -0.142. The summed E-state index contributed by atoms with van der Waals surface area (Å²) in [4.78, 5) is 60.8. The first-order chi connectivity index (χ1) is 16.3. The van der Waals surface area contributed by atoms with Gasteiger partial charge < -0.3 is 37.6 Å². The second-order valence-electron chi connectivity index (χ2n) is 8.48. The minimum absolute atomic E-state index is 0.0146. The van der Waals surface area contributed by atoms with Crippen molar-refractivity contribution in [1.82, 2.24) is 16.0 Å². The third kappa shape index (κ3) is 10.0. The molecule has 1 rings (SSSR count). The van der Waals surface area contributed by atoms with Crippen LogP contribution in [0.25, 0.3) is 0 Å². The molecule has 0 aliphatic rings. The number of carboxylic acid groups (broad SMARTS) is 1. The predicted octanol–water partition coefficient (Wildman–Crippen LogP) is -0.867. The van der Waals surface area contributed by atoms with E-state index < -0.39 is 53.8 Å². The fourth-order valence-electron chi connectivity index (χ4n) is 3.06. The smallest absolute Gasteiger partial charge is 0.325 e. The van der Waals surface area contributed by atoms with Gasteiger partial charge in [-0.1, -0.05) is 32.4 Å².